The molecule has 0 aromatic heterocycles. The second kappa shape index (κ2) is 8.62. The third-order valence-electron chi connectivity index (χ3n) is 4.56. The molecule has 1 saturated heterocycles. The normalized spacial score (nSPS) is 17.3. The van der Waals surface area contributed by atoms with Crippen LogP contribution in [-0.4, -0.2) is 50.4 Å². The van der Waals surface area contributed by atoms with Crippen molar-refractivity contribution in [3.05, 3.63) is 22.2 Å². The molecule has 1 aromatic carbocycles. The zero-order chi connectivity index (χ0) is 18.5. The first-order chi connectivity index (χ1) is 12.6. The average Bonchev–Trinajstić information content (AvgIpc) is 3.14. The lowest BCUT2D eigenvalue weighted by atomic mass is 9.97. The number of esters is 1. The van der Waals surface area contributed by atoms with Gasteiger partial charge in [-0.15, -0.1) is 0 Å². The molecular weight excluding hydrogens is 402 g/mol. The number of carbonyl (C=O) groups is 1. The molecule has 26 heavy (non-hydrogen) atoms. The van der Waals surface area contributed by atoms with Crippen molar-refractivity contribution in [2.24, 2.45) is 10.9 Å². The van der Waals surface area contributed by atoms with Crippen LogP contribution in [0.4, 0.5) is 0 Å². The van der Waals surface area contributed by atoms with E-state index in [1.165, 1.54) is 7.11 Å². The van der Waals surface area contributed by atoms with E-state index in [-0.39, 0.29) is 18.7 Å². The molecule has 142 valence electrons. The third kappa shape index (κ3) is 4.23. The Morgan fingerprint density at radius 3 is 2.85 bits per heavy atom. The van der Waals surface area contributed by atoms with Crippen molar-refractivity contribution < 1.29 is 19.0 Å². The largest absolute Gasteiger partial charge is 0.469 e. The first kappa shape index (κ1) is 18.8. The number of hydrogen-bond donors (Lipinski definition) is 1. The number of piperidine rings is 1. The monoisotopic (exact) mass is 425 g/mol. The molecule has 3 rings (SSSR count). The summed E-state index contributed by atoms with van der Waals surface area (Å²) in [6.07, 6.45) is 1.57. The maximum Gasteiger partial charge on any atom is 0.308 e. The van der Waals surface area contributed by atoms with Crippen LogP contribution in [0.3, 0.4) is 0 Å². The van der Waals surface area contributed by atoms with Gasteiger partial charge in [0.2, 0.25) is 6.79 Å². The minimum absolute atomic E-state index is 0.0102. The molecule has 0 spiro atoms. The summed E-state index contributed by atoms with van der Waals surface area (Å²) in [4.78, 5) is 18.7. The van der Waals surface area contributed by atoms with E-state index >= 15 is 0 Å². The summed E-state index contributed by atoms with van der Waals surface area (Å²) in [7, 11) is 1.45. The molecule has 0 saturated carbocycles. The SMILES string of the molecule is CCNC(=NCc1cc(Br)c2c(c1)OCO2)N1CCC(C(=O)OC)CC1. The second-order valence-corrected chi connectivity index (χ2v) is 7.12. The van der Waals surface area contributed by atoms with Crippen molar-refractivity contribution in [1.82, 2.24) is 10.2 Å². The molecule has 7 nitrogen and oxygen atoms in total. The number of rotatable bonds is 4. The zero-order valence-corrected chi connectivity index (χ0v) is 16.7. The number of nitrogens with zero attached hydrogens (tertiary/aromatic N) is 2. The van der Waals surface area contributed by atoms with Crippen LogP contribution in [0, 0.1) is 5.92 Å². The van der Waals surface area contributed by atoms with Crippen LogP contribution < -0.4 is 14.8 Å². The van der Waals surface area contributed by atoms with Crippen molar-refractivity contribution in [2.45, 2.75) is 26.3 Å². The lowest BCUT2D eigenvalue weighted by Gasteiger charge is -2.33. The van der Waals surface area contributed by atoms with Gasteiger partial charge in [-0.3, -0.25) is 4.79 Å². The second-order valence-electron chi connectivity index (χ2n) is 6.27. The summed E-state index contributed by atoms with van der Waals surface area (Å²) in [6, 6.07) is 3.97. The minimum Gasteiger partial charge on any atom is -0.469 e. The van der Waals surface area contributed by atoms with Gasteiger partial charge in [0.25, 0.3) is 0 Å². The van der Waals surface area contributed by atoms with Crippen molar-refractivity contribution in [2.75, 3.05) is 33.5 Å². The fourth-order valence-electron chi connectivity index (χ4n) is 3.20. The van der Waals surface area contributed by atoms with Gasteiger partial charge < -0.3 is 24.4 Å². The molecule has 2 aliphatic heterocycles. The van der Waals surface area contributed by atoms with Gasteiger partial charge in [0.1, 0.15) is 0 Å². The number of halogens is 1. The Morgan fingerprint density at radius 1 is 1.38 bits per heavy atom. The van der Waals surface area contributed by atoms with Gasteiger partial charge in [-0.2, -0.15) is 0 Å². The van der Waals surface area contributed by atoms with E-state index in [0.29, 0.717) is 6.54 Å². The van der Waals surface area contributed by atoms with Crippen LogP contribution in [0.15, 0.2) is 21.6 Å². The van der Waals surface area contributed by atoms with Gasteiger partial charge in [-0.25, -0.2) is 4.99 Å². The molecule has 0 unspecified atom stereocenters. The lowest BCUT2D eigenvalue weighted by Crippen LogP contribution is -2.46. The number of fused-ring (bicyclic) bond motifs is 1. The molecule has 0 radical (unpaired) electrons. The van der Waals surface area contributed by atoms with Gasteiger partial charge >= 0.3 is 5.97 Å². The molecular formula is C18H24BrN3O4. The molecule has 1 aromatic rings. The number of guanidine groups is 1. The van der Waals surface area contributed by atoms with Crippen molar-refractivity contribution >= 4 is 27.9 Å². The Labute approximate surface area is 161 Å². The number of hydrogen-bond acceptors (Lipinski definition) is 5. The summed E-state index contributed by atoms with van der Waals surface area (Å²) < 4.78 is 16.6. The van der Waals surface area contributed by atoms with Crippen LogP contribution in [0.25, 0.3) is 0 Å². The van der Waals surface area contributed by atoms with E-state index in [4.69, 9.17) is 19.2 Å². The summed E-state index contributed by atoms with van der Waals surface area (Å²) in [5.74, 6) is 2.23. The highest BCUT2D eigenvalue weighted by molar-refractivity contribution is 9.10. The molecule has 0 aliphatic carbocycles. The van der Waals surface area contributed by atoms with E-state index < -0.39 is 0 Å². The number of ether oxygens (including phenoxy) is 3. The zero-order valence-electron chi connectivity index (χ0n) is 15.1. The molecule has 1 N–H and O–H groups in total. The van der Waals surface area contributed by atoms with E-state index in [2.05, 4.69) is 26.1 Å². The fraction of sp³-hybridized carbons (Fsp3) is 0.556. The summed E-state index contributed by atoms with van der Waals surface area (Å²) >= 11 is 3.52. The maximum absolute atomic E-state index is 11.7. The van der Waals surface area contributed by atoms with E-state index in [0.717, 1.165) is 60.0 Å². The molecule has 2 heterocycles. The Bertz CT molecular complexity index is 687. The van der Waals surface area contributed by atoms with Gasteiger partial charge in [-0.05, 0) is 53.4 Å². The van der Waals surface area contributed by atoms with Gasteiger partial charge in [0.05, 0.1) is 24.0 Å². The third-order valence-corrected chi connectivity index (χ3v) is 5.15. The Balaban J connectivity index is 1.67. The van der Waals surface area contributed by atoms with Gasteiger partial charge in [0.15, 0.2) is 17.5 Å². The lowest BCUT2D eigenvalue weighted by molar-refractivity contribution is -0.146. The molecule has 1 fully saturated rings. The molecule has 0 bridgehead atoms. The molecule has 0 amide bonds. The number of aliphatic imine (C=N–C) groups is 1. The van der Waals surface area contributed by atoms with Crippen LogP contribution in [0.1, 0.15) is 25.3 Å². The predicted octanol–water partition coefficient (Wildman–Crippen LogP) is 2.53. The molecule has 2 aliphatic rings. The van der Waals surface area contributed by atoms with E-state index in [9.17, 15) is 4.79 Å². The Morgan fingerprint density at radius 2 is 2.15 bits per heavy atom. The predicted molar refractivity (Wildman–Crippen MR) is 101 cm³/mol. The molecule has 8 heteroatoms. The Hall–Kier alpha value is -1.96. The first-order valence-electron chi connectivity index (χ1n) is 8.81. The van der Waals surface area contributed by atoms with Crippen LogP contribution in [-0.2, 0) is 16.1 Å². The van der Waals surface area contributed by atoms with Gasteiger partial charge in [-0.1, -0.05) is 0 Å². The minimum atomic E-state index is -0.114. The fourth-order valence-corrected chi connectivity index (χ4v) is 3.80. The number of benzene rings is 1. The quantitative estimate of drug-likeness (QED) is 0.453. The number of nitrogens with one attached hydrogen (secondary N) is 1. The maximum atomic E-state index is 11.7. The number of likely N-dealkylation sites (tertiary alicyclic amines) is 1. The number of methoxy groups -OCH3 is 1. The first-order valence-corrected chi connectivity index (χ1v) is 9.60. The smallest absolute Gasteiger partial charge is 0.308 e. The van der Waals surface area contributed by atoms with Crippen LogP contribution in [0.2, 0.25) is 0 Å². The molecule has 0 atom stereocenters. The summed E-state index contributed by atoms with van der Waals surface area (Å²) in [5, 5.41) is 3.34. The Kier molecular flexibility index (Phi) is 6.24. The van der Waals surface area contributed by atoms with E-state index in [1.54, 1.807) is 0 Å². The average molecular weight is 426 g/mol. The van der Waals surface area contributed by atoms with Crippen LogP contribution >= 0.6 is 15.9 Å². The topological polar surface area (TPSA) is 72.4 Å². The standard InChI is InChI=1S/C18H24BrN3O4/c1-3-20-18(22-6-4-13(5-7-22)17(23)24-2)21-10-12-8-14(19)16-15(9-12)25-11-26-16/h8-9,13H,3-7,10-11H2,1-2H3,(H,20,21). The summed E-state index contributed by atoms with van der Waals surface area (Å²) in [6.45, 7) is 5.20. The van der Waals surface area contributed by atoms with Crippen molar-refractivity contribution in [1.29, 1.82) is 0 Å². The van der Waals surface area contributed by atoms with E-state index in [1.807, 2.05) is 19.1 Å². The highest BCUT2D eigenvalue weighted by Crippen LogP contribution is 2.40. The summed E-state index contributed by atoms with van der Waals surface area (Å²) in [5.41, 5.74) is 1.04. The highest BCUT2D eigenvalue weighted by Gasteiger charge is 2.27. The van der Waals surface area contributed by atoms with Crippen molar-refractivity contribution in [3.63, 3.8) is 0 Å². The van der Waals surface area contributed by atoms with Gasteiger partial charge in [0, 0.05) is 19.6 Å². The van der Waals surface area contributed by atoms with Crippen LogP contribution in [0.5, 0.6) is 11.5 Å². The van der Waals surface area contributed by atoms with Crippen molar-refractivity contribution in [3.8, 4) is 11.5 Å². The number of carbonyl (C=O) groups excluding carboxylic acids is 1. The highest BCUT2D eigenvalue weighted by atomic mass is 79.9.